The zero-order valence-corrected chi connectivity index (χ0v) is 16.1. The number of imidazole rings is 1. The predicted molar refractivity (Wildman–Crippen MR) is 100 cm³/mol. The highest BCUT2D eigenvalue weighted by Gasteiger charge is 2.31. The van der Waals surface area contributed by atoms with Gasteiger partial charge in [0.2, 0.25) is 0 Å². The van der Waals surface area contributed by atoms with E-state index >= 15 is 0 Å². The van der Waals surface area contributed by atoms with E-state index in [1.54, 1.807) is 29.7 Å². The largest absolute Gasteiger partial charge is 0.494 e. The van der Waals surface area contributed by atoms with Crippen molar-refractivity contribution in [3.05, 3.63) is 52.6 Å². The smallest absolute Gasteiger partial charge is 0.417 e. The molecule has 0 fully saturated rings. The first-order valence-corrected chi connectivity index (χ1v) is 9.06. The van der Waals surface area contributed by atoms with E-state index in [1.165, 1.54) is 0 Å². The number of fused-ring (bicyclic) bond motifs is 1. The van der Waals surface area contributed by atoms with Crippen molar-refractivity contribution in [3.8, 4) is 5.75 Å². The predicted octanol–water partition coefficient (Wildman–Crippen LogP) is 4.70. The van der Waals surface area contributed by atoms with E-state index in [2.05, 4.69) is 9.97 Å². The third kappa shape index (κ3) is 4.97. The lowest BCUT2D eigenvalue weighted by atomic mass is 10.2. The number of rotatable bonds is 7. The Morgan fingerprint density at radius 3 is 2.72 bits per heavy atom. The van der Waals surface area contributed by atoms with Crippen molar-refractivity contribution in [1.82, 2.24) is 14.5 Å². The van der Waals surface area contributed by atoms with Gasteiger partial charge in [0.1, 0.15) is 11.6 Å². The molecule has 0 bridgehead atoms. The number of aryl methyl sites for hydroxylation is 1. The molecule has 0 spiro atoms. The molecule has 0 unspecified atom stereocenters. The third-order valence-corrected chi connectivity index (χ3v) is 4.59. The van der Waals surface area contributed by atoms with Crippen LogP contribution in [0.25, 0.3) is 11.0 Å². The number of aromatic nitrogens is 3. The lowest BCUT2D eigenvalue weighted by Gasteiger charge is -2.12. The minimum absolute atomic E-state index is 0.0113. The van der Waals surface area contributed by atoms with E-state index in [9.17, 15) is 18.0 Å². The minimum Gasteiger partial charge on any atom is -0.494 e. The fourth-order valence-corrected chi connectivity index (χ4v) is 3.04. The number of nitrogens with zero attached hydrogens (tertiary/aromatic N) is 3. The van der Waals surface area contributed by atoms with Gasteiger partial charge in [0.25, 0.3) is 0 Å². The van der Waals surface area contributed by atoms with E-state index < -0.39 is 17.7 Å². The Hall–Kier alpha value is -2.81. The van der Waals surface area contributed by atoms with Crippen LogP contribution in [-0.2, 0) is 17.5 Å². The summed E-state index contributed by atoms with van der Waals surface area (Å²) in [5, 5.41) is 8.59. The Balaban J connectivity index is 1.84. The second-order valence-corrected chi connectivity index (χ2v) is 6.80. The molecule has 1 N–H and O–H groups in total. The fourth-order valence-electron chi connectivity index (χ4n) is 2.81. The molecule has 0 aliphatic carbocycles. The molecule has 6 nitrogen and oxygen atoms in total. The molecule has 0 radical (unpaired) electrons. The maximum absolute atomic E-state index is 12.8. The molecule has 0 aliphatic rings. The number of halogens is 4. The van der Waals surface area contributed by atoms with Crippen LogP contribution in [0.2, 0.25) is 5.02 Å². The number of pyridine rings is 1. The number of hydrogen-bond acceptors (Lipinski definition) is 4. The first kappa shape index (κ1) is 20.9. The lowest BCUT2D eigenvalue weighted by molar-refractivity contribution is -0.138. The molecular formula is C19H17ClF3N3O3. The van der Waals surface area contributed by atoms with Crippen molar-refractivity contribution < 1.29 is 27.8 Å². The van der Waals surface area contributed by atoms with Gasteiger partial charge in [-0.1, -0.05) is 11.6 Å². The zero-order chi connectivity index (χ0) is 21.2. The highest BCUT2D eigenvalue weighted by Crippen LogP contribution is 2.31. The molecule has 10 heteroatoms. The molecule has 154 valence electrons. The lowest BCUT2D eigenvalue weighted by Crippen LogP contribution is -2.09. The normalized spacial score (nSPS) is 11.8. The summed E-state index contributed by atoms with van der Waals surface area (Å²) < 4.78 is 45.8. The van der Waals surface area contributed by atoms with Gasteiger partial charge in [0.05, 0.1) is 40.5 Å². The van der Waals surface area contributed by atoms with Crippen molar-refractivity contribution in [3.63, 3.8) is 0 Å². The second-order valence-electron chi connectivity index (χ2n) is 6.39. The van der Waals surface area contributed by atoms with Crippen LogP contribution in [0.5, 0.6) is 5.75 Å². The van der Waals surface area contributed by atoms with Crippen LogP contribution in [0.3, 0.4) is 0 Å². The average Bonchev–Trinajstić information content (AvgIpc) is 2.94. The van der Waals surface area contributed by atoms with E-state index in [1.807, 2.05) is 0 Å². The van der Waals surface area contributed by atoms with Crippen molar-refractivity contribution >= 4 is 28.6 Å². The van der Waals surface area contributed by atoms with E-state index in [0.717, 1.165) is 12.3 Å². The topological polar surface area (TPSA) is 77.2 Å². The zero-order valence-electron chi connectivity index (χ0n) is 15.3. The highest BCUT2D eigenvalue weighted by molar-refractivity contribution is 6.31. The summed E-state index contributed by atoms with van der Waals surface area (Å²) in [6, 6.07) is 6.08. The summed E-state index contributed by atoms with van der Waals surface area (Å²) in [4.78, 5) is 18.9. The van der Waals surface area contributed by atoms with Crippen molar-refractivity contribution in [2.45, 2.75) is 32.5 Å². The van der Waals surface area contributed by atoms with Gasteiger partial charge in [-0.2, -0.15) is 13.2 Å². The molecule has 2 heterocycles. The van der Waals surface area contributed by atoms with Gasteiger partial charge in [-0.15, -0.1) is 0 Å². The molecule has 0 amide bonds. The fraction of sp³-hybridized carbons (Fsp3) is 0.316. The van der Waals surface area contributed by atoms with Crippen LogP contribution in [0.1, 0.15) is 29.9 Å². The average molecular weight is 428 g/mol. The Labute approximate surface area is 168 Å². The van der Waals surface area contributed by atoms with Crippen molar-refractivity contribution in [2.75, 3.05) is 6.61 Å². The number of hydrogen-bond donors (Lipinski definition) is 1. The number of carbonyl (C=O) groups is 1. The Bertz CT molecular complexity index is 1050. The maximum atomic E-state index is 12.8. The van der Waals surface area contributed by atoms with Crippen LogP contribution in [0.15, 0.2) is 30.5 Å². The molecule has 0 saturated carbocycles. The Morgan fingerprint density at radius 1 is 1.31 bits per heavy atom. The monoisotopic (exact) mass is 427 g/mol. The first-order valence-electron chi connectivity index (χ1n) is 8.68. The number of benzene rings is 1. The van der Waals surface area contributed by atoms with E-state index in [4.69, 9.17) is 21.4 Å². The molecule has 3 aromatic rings. The number of carboxylic acid groups (broad SMARTS) is 1. The highest BCUT2D eigenvalue weighted by atomic mass is 35.5. The summed E-state index contributed by atoms with van der Waals surface area (Å²) in [5.74, 6) is 0.287. The van der Waals surface area contributed by atoms with Crippen LogP contribution in [0.4, 0.5) is 13.2 Å². The van der Waals surface area contributed by atoms with Gasteiger partial charge in [0, 0.05) is 18.7 Å². The maximum Gasteiger partial charge on any atom is 0.417 e. The summed E-state index contributed by atoms with van der Waals surface area (Å²) >= 11 is 6.03. The second kappa shape index (κ2) is 8.28. The number of ether oxygens (including phenoxy) is 1. The minimum atomic E-state index is -4.51. The molecular weight excluding hydrogens is 411 g/mol. The van der Waals surface area contributed by atoms with Gasteiger partial charge in [-0.25, -0.2) is 4.98 Å². The van der Waals surface area contributed by atoms with Gasteiger partial charge in [-0.05, 0) is 31.5 Å². The third-order valence-electron chi connectivity index (χ3n) is 4.27. The van der Waals surface area contributed by atoms with E-state index in [-0.39, 0.29) is 30.3 Å². The number of alkyl halides is 3. The van der Waals surface area contributed by atoms with Crippen LogP contribution >= 0.6 is 11.6 Å². The molecule has 0 atom stereocenters. The van der Waals surface area contributed by atoms with Gasteiger partial charge in [-0.3, -0.25) is 9.78 Å². The molecule has 0 saturated heterocycles. The molecule has 3 rings (SSSR count). The number of aliphatic carboxylic acids is 1. The SMILES string of the molecule is Cc1nc2ccc(OCCCC(=O)O)cc2n1Cc1ncc(C(F)(F)F)cc1Cl. The summed E-state index contributed by atoms with van der Waals surface area (Å²) in [6.45, 7) is 2.16. The van der Waals surface area contributed by atoms with Crippen molar-refractivity contribution in [1.29, 1.82) is 0 Å². The standard InChI is InChI=1S/C19H17ClF3N3O3/c1-11-25-15-5-4-13(29-6-2-3-18(27)28)8-17(15)26(11)10-16-14(20)7-12(9-24-16)19(21,22)23/h4-5,7-9H,2-3,6,10H2,1H3,(H,27,28). The Kier molecular flexibility index (Phi) is 5.97. The van der Waals surface area contributed by atoms with E-state index in [0.29, 0.717) is 29.0 Å². The molecule has 0 aliphatic heterocycles. The number of carboxylic acids is 1. The summed E-state index contributed by atoms with van der Waals surface area (Å²) in [6.07, 6.45) is -3.37. The van der Waals surface area contributed by atoms with Crippen molar-refractivity contribution in [2.24, 2.45) is 0 Å². The van der Waals surface area contributed by atoms with Gasteiger partial charge in [0.15, 0.2) is 0 Å². The summed E-state index contributed by atoms with van der Waals surface area (Å²) in [7, 11) is 0. The van der Waals surface area contributed by atoms with Crippen LogP contribution < -0.4 is 4.74 Å². The van der Waals surface area contributed by atoms with Crippen LogP contribution in [0, 0.1) is 6.92 Å². The first-order chi connectivity index (χ1) is 13.6. The quantitative estimate of drug-likeness (QED) is 0.553. The Morgan fingerprint density at radius 2 is 2.07 bits per heavy atom. The van der Waals surface area contributed by atoms with Gasteiger partial charge < -0.3 is 14.4 Å². The molecule has 29 heavy (non-hydrogen) atoms. The van der Waals surface area contributed by atoms with Crippen LogP contribution in [-0.4, -0.2) is 32.2 Å². The molecule has 2 aromatic heterocycles. The molecule has 1 aromatic carbocycles. The van der Waals surface area contributed by atoms with Gasteiger partial charge >= 0.3 is 12.1 Å². The summed E-state index contributed by atoms with van der Waals surface area (Å²) in [5.41, 5.74) is 0.768.